The van der Waals surface area contributed by atoms with E-state index in [1.165, 1.54) is 18.2 Å². The summed E-state index contributed by atoms with van der Waals surface area (Å²) in [7, 11) is 1.68. The van der Waals surface area contributed by atoms with Crippen LogP contribution in [0.15, 0.2) is 18.2 Å². The Bertz CT molecular complexity index is 240. The lowest BCUT2D eigenvalue weighted by molar-refractivity contribution is 0.462. The second kappa shape index (κ2) is 4.08. The SMILES string of the molecule is Br.CNc1cc(O)ccc1O. The Balaban J connectivity index is 0.000001000. The predicted octanol–water partition coefficient (Wildman–Crippen LogP) is 1.72. The van der Waals surface area contributed by atoms with Crippen molar-refractivity contribution in [3.8, 4) is 11.5 Å². The quantitative estimate of drug-likeness (QED) is 0.498. The second-order valence-electron chi connectivity index (χ2n) is 1.95. The molecular weight excluding hydrogens is 210 g/mol. The molecular formula is C7H10BrNO2. The molecule has 0 heterocycles. The van der Waals surface area contributed by atoms with Crippen LogP contribution in [0.4, 0.5) is 5.69 Å². The number of benzene rings is 1. The van der Waals surface area contributed by atoms with Crippen LogP contribution in [0.5, 0.6) is 11.5 Å². The van der Waals surface area contributed by atoms with Crippen LogP contribution in [0, 0.1) is 0 Å². The van der Waals surface area contributed by atoms with E-state index in [0.717, 1.165) is 0 Å². The zero-order valence-corrected chi connectivity index (χ0v) is 7.75. The maximum atomic E-state index is 9.06. The van der Waals surface area contributed by atoms with E-state index < -0.39 is 0 Å². The molecule has 3 nitrogen and oxygen atoms in total. The van der Waals surface area contributed by atoms with Crippen molar-refractivity contribution in [3.05, 3.63) is 18.2 Å². The van der Waals surface area contributed by atoms with Gasteiger partial charge in [-0.15, -0.1) is 17.0 Å². The van der Waals surface area contributed by atoms with E-state index in [1.54, 1.807) is 7.05 Å². The Morgan fingerprint density at radius 2 is 1.91 bits per heavy atom. The summed E-state index contributed by atoms with van der Waals surface area (Å²) >= 11 is 0. The minimum atomic E-state index is 0. The Labute approximate surface area is 75.4 Å². The molecule has 0 aromatic heterocycles. The molecule has 62 valence electrons. The first-order chi connectivity index (χ1) is 4.74. The standard InChI is InChI=1S/C7H9NO2.BrH/c1-8-6-4-5(9)2-3-7(6)10;/h2-4,8-10H,1H3;1H. The van der Waals surface area contributed by atoms with Crippen LogP contribution in [0.2, 0.25) is 0 Å². The molecule has 0 radical (unpaired) electrons. The molecule has 3 N–H and O–H groups in total. The summed E-state index contributed by atoms with van der Waals surface area (Å²) in [5, 5.41) is 20.7. The molecule has 1 rings (SSSR count). The molecule has 11 heavy (non-hydrogen) atoms. The van der Waals surface area contributed by atoms with Gasteiger partial charge < -0.3 is 15.5 Å². The molecule has 0 saturated heterocycles. The molecule has 0 amide bonds. The summed E-state index contributed by atoms with van der Waals surface area (Å²) in [4.78, 5) is 0. The average molecular weight is 220 g/mol. The van der Waals surface area contributed by atoms with E-state index >= 15 is 0 Å². The number of nitrogens with one attached hydrogen (secondary N) is 1. The molecule has 1 aromatic rings. The summed E-state index contributed by atoms with van der Waals surface area (Å²) < 4.78 is 0. The van der Waals surface area contributed by atoms with Crippen molar-refractivity contribution in [2.45, 2.75) is 0 Å². The maximum Gasteiger partial charge on any atom is 0.138 e. The van der Waals surface area contributed by atoms with Crippen LogP contribution < -0.4 is 5.32 Å². The van der Waals surface area contributed by atoms with Crippen LogP contribution in [-0.4, -0.2) is 17.3 Å². The molecule has 4 heteroatoms. The van der Waals surface area contributed by atoms with E-state index in [1.807, 2.05) is 0 Å². The van der Waals surface area contributed by atoms with Gasteiger partial charge in [-0.25, -0.2) is 0 Å². The van der Waals surface area contributed by atoms with Crippen molar-refractivity contribution >= 4 is 22.7 Å². The summed E-state index contributed by atoms with van der Waals surface area (Å²) in [5.41, 5.74) is 0.528. The van der Waals surface area contributed by atoms with Gasteiger partial charge in [-0.1, -0.05) is 0 Å². The predicted molar refractivity (Wildman–Crippen MR) is 49.6 cm³/mol. The first-order valence-electron chi connectivity index (χ1n) is 2.94. The molecule has 0 atom stereocenters. The first-order valence-corrected chi connectivity index (χ1v) is 2.94. The van der Waals surface area contributed by atoms with Crippen molar-refractivity contribution in [3.63, 3.8) is 0 Å². The van der Waals surface area contributed by atoms with Crippen molar-refractivity contribution < 1.29 is 10.2 Å². The lowest BCUT2D eigenvalue weighted by Crippen LogP contribution is -1.86. The highest BCUT2D eigenvalue weighted by molar-refractivity contribution is 8.93. The van der Waals surface area contributed by atoms with E-state index in [2.05, 4.69) is 5.32 Å². The fraction of sp³-hybridized carbons (Fsp3) is 0.143. The van der Waals surface area contributed by atoms with Gasteiger partial charge in [-0.3, -0.25) is 0 Å². The molecule has 0 spiro atoms. The van der Waals surface area contributed by atoms with Crippen LogP contribution in [0.1, 0.15) is 0 Å². The molecule has 0 aliphatic heterocycles. The van der Waals surface area contributed by atoms with Gasteiger partial charge in [0.05, 0.1) is 5.69 Å². The van der Waals surface area contributed by atoms with Crippen molar-refractivity contribution in [1.29, 1.82) is 0 Å². The second-order valence-corrected chi connectivity index (χ2v) is 1.95. The van der Waals surface area contributed by atoms with E-state index in [4.69, 9.17) is 10.2 Å². The zero-order valence-electron chi connectivity index (χ0n) is 6.03. The normalized spacial score (nSPS) is 8.45. The molecule has 0 aliphatic carbocycles. The Kier molecular flexibility index (Phi) is 3.74. The van der Waals surface area contributed by atoms with Gasteiger partial charge in [0.25, 0.3) is 0 Å². The van der Waals surface area contributed by atoms with Crippen molar-refractivity contribution in [2.75, 3.05) is 12.4 Å². The maximum absolute atomic E-state index is 9.06. The Morgan fingerprint density at radius 3 is 2.36 bits per heavy atom. The number of phenolic OH excluding ortho intramolecular Hbond substituents is 2. The van der Waals surface area contributed by atoms with Crippen LogP contribution in [0.25, 0.3) is 0 Å². The van der Waals surface area contributed by atoms with Crippen LogP contribution >= 0.6 is 17.0 Å². The van der Waals surface area contributed by atoms with E-state index in [0.29, 0.717) is 5.69 Å². The summed E-state index contributed by atoms with van der Waals surface area (Å²) in [6.07, 6.45) is 0. The fourth-order valence-corrected chi connectivity index (χ4v) is 0.724. The lowest BCUT2D eigenvalue weighted by Gasteiger charge is -2.02. The number of anilines is 1. The van der Waals surface area contributed by atoms with Gasteiger partial charge in [0.1, 0.15) is 11.5 Å². The monoisotopic (exact) mass is 219 g/mol. The Hall–Kier alpha value is -0.900. The molecule has 0 fully saturated rings. The van der Waals surface area contributed by atoms with Crippen molar-refractivity contribution in [2.24, 2.45) is 0 Å². The summed E-state index contributed by atoms with van der Waals surface area (Å²) in [5.74, 6) is 0.280. The third-order valence-corrected chi connectivity index (χ3v) is 1.25. The molecule has 0 bridgehead atoms. The lowest BCUT2D eigenvalue weighted by atomic mass is 10.3. The largest absolute Gasteiger partial charge is 0.508 e. The van der Waals surface area contributed by atoms with Crippen LogP contribution in [-0.2, 0) is 0 Å². The number of phenols is 2. The van der Waals surface area contributed by atoms with Gasteiger partial charge in [0.2, 0.25) is 0 Å². The fourth-order valence-electron chi connectivity index (χ4n) is 0.724. The van der Waals surface area contributed by atoms with Gasteiger partial charge in [-0.05, 0) is 12.1 Å². The highest BCUT2D eigenvalue weighted by Crippen LogP contribution is 2.26. The molecule has 0 aliphatic rings. The van der Waals surface area contributed by atoms with Gasteiger partial charge in [-0.2, -0.15) is 0 Å². The third-order valence-electron chi connectivity index (χ3n) is 1.25. The number of hydrogen-bond acceptors (Lipinski definition) is 3. The Morgan fingerprint density at radius 1 is 1.27 bits per heavy atom. The summed E-state index contributed by atoms with van der Waals surface area (Å²) in [6, 6.07) is 4.31. The number of aromatic hydroxyl groups is 2. The molecule has 0 saturated carbocycles. The van der Waals surface area contributed by atoms with E-state index in [9.17, 15) is 0 Å². The first kappa shape index (κ1) is 10.1. The number of halogens is 1. The van der Waals surface area contributed by atoms with Gasteiger partial charge in [0.15, 0.2) is 0 Å². The average Bonchev–Trinajstić information content (AvgIpc) is 1.94. The topological polar surface area (TPSA) is 52.5 Å². The minimum absolute atomic E-state index is 0. The minimum Gasteiger partial charge on any atom is -0.508 e. The van der Waals surface area contributed by atoms with Gasteiger partial charge in [0, 0.05) is 13.1 Å². The number of hydrogen-bond donors (Lipinski definition) is 3. The van der Waals surface area contributed by atoms with Gasteiger partial charge >= 0.3 is 0 Å². The van der Waals surface area contributed by atoms with Crippen molar-refractivity contribution in [1.82, 2.24) is 0 Å². The zero-order chi connectivity index (χ0) is 7.56. The van der Waals surface area contributed by atoms with E-state index in [-0.39, 0.29) is 28.5 Å². The smallest absolute Gasteiger partial charge is 0.138 e. The third kappa shape index (κ3) is 2.31. The molecule has 1 aromatic carbocycles. The van der Waals surface area contributed by atoms with Crippen LogP contribution in [0.3, 0.4) is 0 Å². The summed E-state index contributed by atoms with van der Waals surface area (Å²) in [6.45, 7) is 0. The highest BCUT2D eigenvalue weighted by Gasteiger charge is 1.97. The highest BCUT2D eigenvalue weighted by atomic mass is 79.9. The number of rotatable bonds is 1. The molecule has 0 unspecified atom stereocenters.